The molecule has 4 aliphatic rings. The van der Waals surface area contributed by atoms with Crippen LogP contribution in [-0.4, -0.2) is 54.7 Å². The van der Waals surface area contributed by atoms with Gasteiger partial charge in [0.1, 0.15) is 4.90 Å². The van der Waals surface area contributed by atoms with Gasteiger partial charge in [0.05, 0.1) is 24.9 Å². The first kappa shape index (κ1) is 25.4. The number of ketones is 1. The van der Waals surface area contributed by atoms with Crippen molar-refractivity contribution in [2.45, 2.75) is 88.7 Å². The molecule has 4 aliphatic carbocycles. The van der Waals surface area contributed by atoms with Crippen molar-refractivity contribution in [3.63, 3.8) is 0 Å². The van der Waals surface area contributed by atoms with Gasteiger partial charge in [-0.25, -0.2) is 8.42 Å². The molecule has 0 bridgehead atoms. The van der Waals surface area contributed by atoms with Crippen LogP contribution in [0.25, 0.3) is 0 Å². The fourth-order valence-corrected chi connectivity index (χ4v) is 9.76. The molecule has 7 nitrogen and oxygen atoms in total. The number of aliphatic hydroxyl groups is 1. The standard InChI is InChI=1S/C27H42N2O5S/c1-25(31)11-12-27(17-34-3)18(13-25)5-6-20-21-7-8-23(26(21,2)10-9-22(20)27)24(30)16-29-15-19(14-28-29)35(4,32)33/h14-15,18,20-23,31H,5-13,16-17H2,1-4H3/t18-,20-,21-,22-,23+,25+,26-,27+/m0/s1. The smallest absolute Gasteiger partial charge is 0.178 e. The number of aromatic nitrogens is 2. The Morgan fingerprint density at radius 1 is 1.14 bits per heavy atom. The molecular formula is C27H42N2O5S. The van der Waals surface area contributed by atoms with Gasteiger partial charge < -0.3 is 9.84 Å². The molecule has 0 unspecified atom stereocenters. The Morgan fingerprint density at radius 3 is 2.60 bits per heavy atom. The third-order valence-corrected chi connectivity index (χ3v) is 11.9. The van der Waals surface area contributed by atoms with Gasteiger partial charge in [-0.1, -0.05) is 6.92 Å². The minimum atomic E-state index is -3.33. The van der Waals surface area contributed by atoms with Gasteiger partial charge in [-0.05, 0) is 99.2 Å². The summed E-state index contributed by atoms with van der Waals surface area (Å²) in [6.45, 7) is 5.26. The lowest BCUT2D eigenvalue weighted by molar-refractivity contribution is -0.175. The largest absolute Gasteiger partial charge is 0.390 e. The number of hydrogen-bond acceptors (Lipinski definition) is 6. The topological polar surface area (TPSA) is 98.5 Å². The number of carbonyl (C=O) groups excluding carboxylic acids is 1. The van der Waals surface area contributed by atoms with Crippen LogP contribution in [-0.2, 0) is 25.9 Å². The van der Waals surface area contributed by atoms with Gasteiger partial charge >= 0.3 is 0 Å². The van der Waals surface area contributed by atoms with Crippen LogP contribution in [0.3, 0.4) is 0 Å². The summed E-state index contributed by atoms with van der Waals surface area (Å²) in [4.78, 5) is 13.7. The van der Waals surface area contributed by atoms with E-state index in [1.54, 1.807) is 0 Å². The molecule has 1 heterocycles. The van der Waals surface area contributed by atoms with Crippen molar-refractivity contribution >= 4 is 15.6 Å². The number of nitrogens with zero attached hydrogens (tertiary/aromatic N) is 2. The van der Waals surface area contributed by atoms with Crippen LogP contribution in [0, 0.1) is 40.4 Å². The lowest BCUT2D eigenvalue weighted by atomic mass is 9.43. The fraction of sp³-hybridized carbons (Fsp3) is 0.852. The van der Waals surface area contributed by atoms with Crippen molar-refractivity contribution in [1.82, 2.24) is 9.78 Å². The second kappa shape index (κ2) is 8.66. The molecule has 0 spiro atoms. The Hall–Kier alpha value is -1.25. The third-order valence-electron chi connectivity index (χ3n) is 10.8. The second-order valence-electron chi connectivity index (χ2n) is 12.8. The number of rotatable bonds is 6. The van der Waals surface area contributed by atoms with Crippen LogP contribution >= 0.6 is 0 Å². The summed E-state index contributed by atoms with van der Waals surface area (Å²) in [5, 5.41) is 15.0. The SMILES string of the molecule is COC[C@]12CC[C@@](C)(O)C[C@@H]1CC[C@H]1[C@@H]3CC[C@H](C(=O)Cn4cc(S(C)(=O)=O)cn4)[C@@]3(C)CC[C@@H]12. The zero-order valence-corrected chi connectivity index (χ0v) is 22.5. The van der Waals surface area contributed by atoms with Crippen molar-refractivity contribution in [2.24, 2.45) is 40.4 Å². The number of Topliss-reactive ketones (excluding diaryl/α,β-unsaturated/α-hetero) is 1. The molecule has 1 aromatic rings. The van der Waals surface area contributed by atoms with Crippen LogP contribution in [0.15, 0.2) is 17.3 Å². The Balaban J connectivity index is 1.35. The molecule has 0 aliphatic heterocycles. The van der Waals surface area contributed by atoms with Gasteiger partial charge in [-0.2, -0.15) is 5.10 Å². The van der Waals surface area contributed by atoms with E-state index in [4.69, 9.17) is 4.74 Å². The summed E-state index contributed by atoms with van der Waals surface area (Å²) >= 11 is 0. The molecule has 4 saturated carbocycles. The zero-order valence-electron chi connectivity index (χ0n) is 21.7. The highest BCUT2D eigenvalue weighted by Gasteiger charge is 2.63. The Morgan fingerprint density at radius 2 is 1.91 bits per heavy atom. The highest BCUT2D eigenvalue weighted by atomic mass is 32.2. The third kappa shape index (κ3) is 4.21. The van der Waals surface area contributed by atoms with E-state index in [9.17, 15) is 18.3 Å². The molecule has 8 heteroatoms. The average molecular weight is 507 g/mol. The van der Waals surface area contributed by atoms with E-state index in [1.165, 1.54) is 23.5 Å². The van der Waals surface area contributed by atoms with Crippen molar-refractivity contribution < 1.29 is 23.1 Å². The van der Waals surface area contributed by atoms with E-state index in [0.29, 0.717) is 23.7 Å². The Labute approximate surface area is 209 Å². The lowest BCUT2D eigenvalue weighted by Gasteiger charge is -2.62. The summed E-state index contributed by atoms with van der Waals surface area (Å²) in [6, 6.07) is 0. The number of ether oxygens (including phenoxy) is 1. The first-order chi connectivity index (χ1) is 16.4. The van der Waals surface area contributed by atoms with Crippen molar-refractivity contribution in [3.8, 4) is 0 Å². The monoisotopic (exact) mass is 506 g/mol. The van der Waals surface area contributed by atoms with Gasteiger partial charge in [0.25, 0.3) is 0 Å². The molecule has 0 radical (unpaired) electrons. The summed E-state index contributed by atoms with van der Waals surface area (Å²) in [5.41, 5.74) is -0.418. The van der Waals surface area contributed by atoms with Crippen LogP contribution in [0.5, 0.6) is 0 Å². The van der Waals surface area contributed by atoms with Crippen molar-refractivity contribution in [3.05, 3.63) is 12.4 Å². The maximum absolute atomic E-state index is 13.5. The molecule has 35 heavy (non-hydrogen) atoms. The fourth-order valence-electron chi connectivity index (χ4n) is 9.20. The lowest BCUT2D eigenvalue weighted by Crippen LogP contribution is -2.58. The molecule has 0 saturated heterocycles. The number of sulfone groups is 1. The van der Waals surface area contributed by atoms with Crippen LogP contribution in [0.2, 0.25) is 0 Å². The molecule has 5 rings (SSSR count). The van der Waals surface area contributed by atoms with Gasteiger partial charge in [0, 0.05) is 25.5 Å². The average Bonchev–Trinajstić information content (AvgIpc) is 3.38. The van der Waals surface area contributed by atoms with E-state index in [1.807, 2.05) is 14.0 Å². The highest BCUT2D eigenvalue weighted by molar-refractivity contribution is 7.90. The quantitative estimate of drug-likeness (QED) is 0.629. The molecule has 196 valence electrons. The van der Waals surface area contributed by atoms with Gasteiger partial charge in [-0.15, -0.1) is 0 Å². The van der Waals surface area contributed by atoms with E-state index in [0.717, 1.165) is 64.2 Å². The Bertz CT molecular complexity index is 1080. The van der Waals surface area contributed by atoms with E-state index in [-0.39, 0.29) is 34.0 Å². The van der Waals surface area contributed by atoms with Crippen LogP contribution in [0.1, 0.15) is 71.6 Å². The maximum Gasteiger partial charge on any atom is 0.178 e. The predicted molar refractivity (Wildman–Crippen MR) is 132 cm³/mol. The molecule has 4 fully saturated rings. The minimum absolute atomic E-state index is 0.00233. The number of methoxy groups -OCH3 is 1. The summed E-state index contributed by atoms with van der Waals surface area (Å²) in [7, 11) is -1.51. The van der Waals surface area contributed by atoms with Crippen molar-refractivity contribution in [1.29, 1.82) is 0 Å². The van der Waals surface area contributed by atoms with Gasteiger partial charge in [0.15, 0.2) is 15.6 Å². The summed E-state index contributed by atoms with van der Waals surface area (Å²) < 4.78 is 31.0. The molecule has 1 aromatic heterocycles. The minimum Gasteiger partial charge on any atom is -0.390 e. The summed E-state index contributed by atoms with van der Waals surface area (Å²) in [6.07, 6.45) is 13.3. The second-order valence-corrected chi connectivity index (χ2v) is 14.8. The molecular weight excluding hydrogens is 464 g/mol. The highest BCUT2D eigenvalue weighted by Crippen LogP contribution is 2.68. The van der Waals surface area contributed by atoms with Crippen LogP contribution in [0.4, 0.5) is 0 Å². The molecule has 1 N–H and O–H groups in total. The first-order valence-electron chi connectivity index (χ1n) is 13.4. The van der Waals surface area contributed by atoms with Crippen LogP contribution < -0.4 is 0 Å². The number of carbonyl (C=O) groups is 1. The normalized spacial score (nSPS) is 43.3. The number of fused-ring (bicyclic) bond motifs is 5. The summed E-state index contributed by atoms with van der Waals surface area (Å²) in [5.74, 6) is 2.46. The van der Waals surface area contributed by atoms with E-state index < -0.39 is 15.4 Å². The zero-order chi connectivity index (χ0) is 25.2. The molecule has 0 aromatic carbocycles. The van der Waals surface area contributed by atoms with E-state index >= 15 is 0 Å². The maximum atomic E-state index is 13.5. The van der Waals surface area contributed by atoms with Crippen molar-refractivity contribution in [2.75, 3.05) is 20.0 Å². The van der Waals surface area contributed by atoms with Gasteiger partial charge in [0.2, 0.25) is 0 Å². The Kier molecular flexibility index (Phi) is 6.28. The molecule has 8 atom stereocenters. The van der Waals surface area contributed by atoms with Gasteiger partial charge in [-0.3, -0.25) is 9.48 Å². The number of hydrogen-bond donors (Lipinski definition) is 1. The van der Waals surface area contributed by atoms with E-state index in [2.05, 4.69) is 12.0 Å². The molecule has 0 amide bonds. The first-order valence-corrected chi connectivity index (χ1v) is 15.3. The predicted octanol–water partition coefficient (Wildman–Crippen LogP) is 3.89.